The number of carbonyl (C=O) groups excluding carboxylic acids is 3. The second kappa shape index (κ2) is 13.0. The minimum atomic E-state index is -1.33. The number of nitrogens with two attached hydrogens (primary N) is 1. The molecule has 0 saturated heterocycles. The zero-order chi connectivity index (χ0) is 29.7. The van der Waals surface area contributed by atoms with E-state index in [1.165, 1.54) is 6.07 Å². The highest BCUT2D eigenvalue weighted by molar-refractivity contribution is 7.81. The summed E-state index contributed by atoms with van der Waals surface area (Å²) in [5.41, 5.74) is 7.69. The largest absolute Gasteiger partial charge is 0.508 e. The Morgan fingerprint density at radius 1 is 1.00 bits per heavy atom. The second-order valence-electron chi connectivity index (χ2n) is 10.7. The number of carboxylic acids is 1. The molecule has 0 radical (unpaired) electrons. The number of benzene rings is 2. The summed E-state index contributed by atoms with van der Waals surface area (Å²) in [6, 6.07) is 10.3. The molecule has 0 aliphatic heterocycles. The van der Waals surface area contributed by atoms with E-state index < -0.39 is 52.1 Å². The van der Waals surface area contributed by atoms with Crippen LogP contribution in [0.2, 0.25) is 0 Å². The van der Waals surface area contributed by atoms with E-state index in [0.717, 1.165) is 16.7 Å². The number of phenolic OH excluding ortho intramolecular Hbond substituents is 1. The lowest BCUT2D eigenvalue weighted by molar-refractivity contribution is -0.143. The van der Waals surface area contributed by atoms with E-state index in [-0.39, 0.29) is 24.3 Å². The van der Waals surface area contributed by atoms with Gasteiger partial charge in [-0.1, -0.05) is 36.4 Å². The van der Waals surface area contributed by atoms with Crippen LogP contribution in [0.25, 0.3) is 0 Å². The molecule has 3 rings (SSSR count). The number of fused-ring (bicyclic) bond motifs is 1. The van der Waals surface area contributed by atoms with Gasteiger partial charge in [0.05, 0.1) is 5.54 Å². The van der Waals surface area contributed by atoms with Gasteiger partial charge in [-0.2, -0.15) is 25.3 Å². The van der Waals surface area contributed by atoms with Gasteiger partial charge in [0.25, 0.3) is 0 Å². The number of rotatable bonds is 11. The normalized spacial score (nSPS) is 18.9. The van der Waals surface area contributed by atoms with Crippen LogP contribution in [0.4, 0.5) is 0 Å². The molecule has 0 bridgehead atoms. The smallest absolute Gasteiger partial charge is 0.327 e. The van der Waals surface area contributed by atoms with Gasteiger partial charge in [-0.05, 0) is 61.9 Å². The van der Waals surface area contributed by atoms with Crippen LogP contribution in [0.15, 0.2) is 48.5 Å². The fourth-order valence-corrected chi connectivity index (χ4v) is 5.04. The summed E-state index contributed by atoms with van der Waals surface area (Å²) in [5, 5.41) is 27.2. The first kappa shape index (κ1) is 31.3. The molecule has 0 unspecified atom stereocenters. The average molecular weight is 589 g/mol. The molecule has 2 aromatic carbocycles. The van der Waals surface area contributed by atoms with Crippen LogP contribution in [-0.4, -0.2) is 68.1 Å². The summed E-state index contributed by atoms with van der Waals surface area (Å²) < 4.78 is -1.09. The maximum absolute atomic E-state index is 13.3. The summed E-state index contributed by atoms with van der Waals surface area (Å²) >= 11 is 8.54. The molecular weight excluding hydrogens is 552 g/mol. The molecule has 3 amide bonds. The molecule has 4 atom stereocenters. The Bertz CT molecular complexity index is 1250. The minimum absolute atomic E-state index is 0.0702. The number of hydrogen-bond donors (Lipinski definition) is 8. The molecule has 10 nitrogen and oxygen atoms in total. The Labute approximate surface area is 244 Å². The van der Waals surface area contributed by atoms with Gasteiger partial charge in [0, 0.05) is 16.9 Å². The zero-order valence-electron chi connectivity index (χ0n) is 22.4. The van der Waals surface area contributed by atoms with Gasteiger partial charge < -0.3 is 31.9 Å². The SMILES string of the molecule is CC(C)(S)[C@@H](NC(=O)[C@H](Cc1ccccc1)NC(=O)[C@@H](CS)NC(=O)[C@]1(N)CCc2cc(O)ccc2C1)C(=O)O. The molecule has 0 heterocycles. The van der Waals surface area contributed by atoms with Crippen molar-refractivity contribution in [2.75, 3.05) is 5.75 Å². The van der Waals surface area contributed by atoms with E-state index in [9.17, 15) is 29.4 Å². The molecule has 2 aromatic rings. The summed E-state index contributed by atoms with van der Waals surface area (Å²) in [5.74, 6) is -3.11. The van der Waals surface area contributed by atoms with E-state index in [4.69, 9.17) is 5.73 Å². The second-order valence-corrected chi connectivity index (χ2v) is 12.2. The van der Waals surface area contributed by atoms with E-state index in [0.29, 0.717) is 12.8 Å². The highest BCUT2D eigenvalue weighted by Crippen LogP contribution is 2.30. The zero-order valence-corrected chi connectivity index (χ0v) is 24.2. The van der Waals surface area contributed by atoms with Crippen LogP contribution in [0.5, 0.6) is 5.75 Å². The molecule has 0 saturated carbocycles. The van der Waals surface area contributed by atoms with Crippen molar-refractivity contribution in [1.82, 2.24) is 16.0 Å². The van der Waals surface area contributed by atoms with Crippen molar-refractivity contribution < 1.29 is 29.4 Å². The summed E-state index contributed by atoms with van der Waals surface area (Å²) in [6.07, 6.45) is 1.10. The van der Waals surface area contributed by atoms with Crippen LogP contribution < -0.4 is 21.7 Å². The van der Waals surface area contributed by atoms with Crippen molar-refractivity contribution in [2.24, 2.45) is 5.73 Å². The minimum Gasteiger partial charge on any atom is -0.508 e. The average Bonchev–Trinajstić information content (AvgIpc) is 2.89. The Kier molecular flexibility index (Phi) is 10.1. The number of hydrogen-bond acceptors (Lipinski definition) is 8. The lowest BCUT2D eigenvalue weighted by Gasteiger charge is -2.34. The topological polar surface area (TPSA) is 171 Å². The Morgan fingerprint density at radius 3 is 2.25 bits per heavy atom. The van der Waals surface area contributed by atoms with Crippen LogP contribution in [0.1, 0.15) is 37.0 Å². The van der Waals surface area contributed by atoms with Gasteiger partial charge in [0.1, 0.15) is 23.9 Å². The Balaban J connectivity index is 1.75. The molecule has 0 aromatic heterocycles. The fourth-order valence-electron chi connectivity index (χ4n) is 4.61. The third-order valence-electron chi connectivity index (χ3n) is 6.95. The van der Waals surface area contributed by atoms with Gasteiger partial charge in [-0.25, -0.2) is 4.79 Å². The molecule has 216 valence electrons. The first-order valence-electron chi connectivity index (χ1n) is 12.8. The number of aromatic hydroxyl groups is 1. The lowest BCUT2D eigenvalue weighted by Crippen LogP contribution is -2.63. The summed E-state index contributed by atoms with van der Waals surface area (Å²) in [6.45, 7) is 3.11. The number of carboxylic acid groups (broad SMARTS) is 1. The maximum Gasteiger partial charge on any atom is 0.327 e. The van der Waals surface area contributed by atoms with Crippen molar-refractivity contribution in [3.8, 4) is 5.75 Å². The van der Waals surface area contributed by atoms with Gasteiger partial charge in [-0.3, -0.25) is 14.4 Å². The number of phenols is 1. The van der Waals surface area contributed by atoms with E-state index in [1.54, 1.807) is 50.2 Å². The van der Waals surface area contributed by atoms with Crippen LogP contribution in [0, 0.1) is 0 Å². The standard InChI is InChI=1S/C28H36N4O6S2/c1-27(2,40)22(25(36)37)32-23(34)20(12-16-6-4-3-5-7-16)30-24(35)21(15-39)31-26(38)28(29)11-10-17-13-19(33)9-8-18(17)14-28/h3-9,13,20-22,33,39-40H,10-12,14-15,29H2,1-2H3,(H,30,35)(H,31,38)(H,32,34)(H,36,37)/t20-,21+,22-,28-/m0/s1. The number of amides is 3. The predicted octanol–water partition coefficient (Wildman–Crippen LogP) is 0.998. The van der Waals surface area contributed by atoms with E-state index in [2.05, 4.69) is 41.2 Å². The molecule has 1 aliphatic carbocycles. The molecular formula is C28H36N4O6S2. The highest BCUT2D eigenvalue weighted by atomic mass is 32.1. The van der Waals surface area contributed by atoms with Crippen LogP contribution in [-0.2, 0) is 38.4 Å². The van der Waals surface area contributed by atoms with Gasteiger partial charge >= 0.3 is 5.97 Å². The quantitative estimate of drug-likeness (QED) is 0.181. The lowest BCUT2D eigenvalue weighted by atomic mass is 9.78. The van der Waals surface area contributed by atoms with Gasteiger partial charge in [-0.15, -0.1) is 0 Å². The Morgan fingerprint density at radius 2 is 1.65 bits per heavy atom. The summed E-state index contributed by atoms with van der Waals surface area (Å²) in [4.78, 5) is 51.6. The number of thiol groups is 2. The van der Waals surface area contributed by atoms with Crippen LogP contribution >= 0.6 is 25.3 Å². The fraction of sp³-hybridized carbons (Fsp3) is 0.429. The molecule has 1 aliphatic rings. The third kappa shape index (κ3) is 7.92. The third-order valence-corrected chi connectivity index (χ3v) is 7.57. The Hall–Kier alpha value is -3.22. The highest BCUT2D eigenvalue weighted by Gasteiger charge is 2.40. The van der Waals surface area contributed by atoms with Gasteiger partial charge in [0.15, 0.2) is 0 Å². The molecule has 40 heavy (non-hydrogen) atoms. The van der Waals surface area contributed by atoms with Crippen molar-refractivity contribution in [3.05, 3.63) is 65.2 Å². The first-order chi connectivity index (χ1) is 18.7. The van der Waals surface area contributed by atoms with E-state index in [1.807, 2.05) is 6.07 Å². The van der Waals surface area contributed by atoms with Crippen molar-refractivity contribution >= 4 is 48.9 Å². The van der Waals surface area contributed by atoms with Crippen molar-refractivity contribution in [2.45, 2.75) is 67.9 Å². The number of nitrogens with one attached hydrogen (secondary N) is 3. The number of carbonyl (C=O) groups is 4. The number of aliphatic carboxylic acids is 1. The first-order valence-corrected chi connectivity index (χ1v) is 13.9. The number of aryl methyl sites for hydroxylation is 1. The molecule has 0 fully saturated rings. The molecule has 12 heteroatoms. The van der Waals surface area contributed by atoms with E-state index >= 15 is 0 Å². The summed E-state index contributed by atoms with van der Waals surface area (Å²) in [7, 11) is 0. The monoisotopic (exact) mass is 588 g/mol. The predicted molar refractivity (Wildman–Crippen MR) is 158 cm³/mol. The van der Waals surface area contributed by atoms with Crippen LogP contribution in [0.3, 0.4) is 0 Å². The van der Waals surface area contributed by atoms with Crippen molar-refractivity contribution in [3.63, 3.8) is 0 Å². The van der Waals surface area contributed by atoms with Gasteiger partial charge in [0.2, 0.25) is 17.7 Å². The maximum atomic E-state index is 13.3. The molecule has 0 spiro atoms. The molecule has 7 N–H and O–H groups in total. The van der Waals surface area contributed by atoms with Crippen molar-refractivity contribution in [1.29, 1.82) is 0 Å².